The molecule has 244 valence electrons. The summed E-state index contributed by atoms with van der Waals surface area (Å²) in [6.45, 7) is -0.0736. The predicted molar refractivity (Wildman–Crippen MR) is 170 cm³/mol. The zero-order valence-electron chi connectivity index (χ0n) is 24.7. The van der Waals surface area contributed by atoms with E-state index >= 15 is 0 Å². The van der Waals surface area contributed by atoms with Gasteiger partial charge in [0, 0.05) is 18.5 Å². The molecule has 0 radical (unpaired) electrons. The number of benzene rings is 4. The molecule has 0 spiro atoms. The van der Waals surface area contributed by atoms with E-state index in [2.05, 4.69) is 5.32 Å². The summed E-state index contributed by atoms with van der Waals surface area (Å²) in [6.07, 6.45) is 3.29. The zero-order chi connectivity index (χ0) is 34.4. The number of hydrogen-bond acceptors (Lipinski definition) is 12. The molecule has 10 N–H and O–H groups in total. The lowest BCUT2D eigenvalue weighted by molar-refractivity contribution is -0.162. The molecule has 47 heavy (non-hydrogen) atoms. The van der Waals surface area contributed by atoms with Crippen molar-refractivity contribution in [1.82, 2.24) is 5.32 Å². The van der Waals surface area contributed by atoms with Crippen LogP contribution in [0.2, 0.25) is 0 Å². The Balaban J connectivity index is 1.66. The maximum Gasteiger partial charge on any atom is 0.345 e. The van der Waals surface area contributed by atoms with Crippen molar-refractivity contribution in [2.75, 3.05) is 13.6 Å². The van der Waals surface area contributed by atoms with Crippen LogP contribution < -0.4 is 5.32 Å². The Morgan fingerprint density at radius 1 is 0.723 bits per heavy atom. The Morgan fingerprint density at radius 2 is 1.28 bits per heavy atom. The van der Waals surface area contributed by atoms with E-state index in [9.17, 15) is 55.5 Å². The fourth-order valence-corrected chi connectivity index (χ4v) is 4.82. The molecule has 13 heteroatoms. The highest BCUT2D eigenvalue weighted by molar-refractivity contribution is 5.91. The molecule has 4 rings (SSSR count). The van der Waals surface area contributed by atoms with Crippen molar-refractivity contribution in [3.05, 3.63) is 89.0 Å². The molecule has 0 heterocycles. The minimum absolute atomic E-state index is 0.0328. The van der Waals surface area contributed by atoms with Gasteiger partial charge in [-0.3, -0.25) is 0 Å². The second-order valence-electron chi connectivity index (χ2n) is 10.4. The number of likely N-dealkylation sites (N-methyl/N-ethyl adjacent to an activating group) is 1. The third kappa shape index (κ3) is 7.85. The van der Waals surface area contributed by atoms with Crippen molar-refractivity contribution in [3.8, 4) is 57.1 Å². The Hall–Kier alpha value is -6.34. The highest BCUT2D eigenvalue weighted by atomic mass is 16.6. The summed E-state index contributed by atoms with van der Waals surface area (Å²) in [4.78, 5) is 25.0. The largest absolute Gasteiger partial charge is 0.508 e. The van der Waals surface area contributed by atoms with Crippen LogP contribution in [0, 0.1) is 0 Å². The molecular weight excluding hydrogens is 614 g/mol. The van der Waals surface area contributed by atoms with Crippen molar-refractivity contribution in [1.29, 1.82) is 0 Å². The number of rotatable bonds is 11. The van der Waals surface area contributed by atoms with E-state index in [1.165, 1.54) is 55.6 Å². The summed E-state index contributed by atoms with van der Waals surface area (Å²) in [6, 6.07) is 13.2. The minimum atomic E-state index is -1.81. The van der Waals surface area contributed by atoms with Crippen molar-refractivity contribution < 1.29 is 60.3 Å². The summed E-state index contributed by atoms with van der Waals surface area (Å²) in [7, 11) is 1.51. The fraction of sp³-hybridized carbons (Fsp3) is 0.118. The van der Waals surface area contributed by atoms with Crippen molar-refractivity contribution in [3.63, 3.8) is 0 Å². The van der Waals surface area contributed by atoms with Gasteiger partial charge in [-0.05, 0) is 95.0 Å². The van der Waals surface area contributed by atoms with Crippen molar-refractivity contribution >= 4 is 30.2 Å². The molecule has 2 atom stereocenters. The molecule has 0 fully saturated rings. The van der Waals surface area contributed by atoms with Crippen molar-refractivity contribution in [2.24, 2.45) is 0 Å². The number of carboxylic acid groups (broad SMARTS) is 1. The minimum Gasteiger partial charge on any atom is -0.508 e. The zero-order valence-corrected chi connectivity index (χ0v) is 24.7. The van der Waals surface area contributed by atoms with Gasteiger partial charge in [0.1, 0.15) is 5.75 Å². The number of esters is 1. The summed E-state index contributed by atoms with van der Waals surface area (Å²) in [5, 5.41) is 92.7. The number of carboxylic acids is 1. The second-order valence-corrected chi connectivity index (χ2v) is 10.4. The van der Waals surface area contributed by atoms with E-state index in [-0.39, 0.29) is 29.0 Å². The van der Waals surface area contributed by atoms with Gasteiger partial charge >= 0.3 is 11.9 Å². The molecule has 4 aromatic rings. The topological polar surface area (TPSA) is 237 Å². The number of nitrogens with one attached hydrogen (secondary N) is 1. The summed E-state index contributed by atoms with van der Waals surface area (Å²) in [5.41, 5.74) is 1.83. The molecule has 0 aliphatic carbocycles. The maximum atomic E-state index is 12.9. The molecule has 0 aliphatic heterocycles. The van der Waals surface area contributed by atoms with Crippen LogP contribution in [0.15, 0.2) is 66.7 Å². The highest BCUT2D eigenvalue weighted by Gasteiger charge is 2.33. The predicted octanol–water partition coefficient (Wildman–Crippen LogP) is 4.18. The van der Waals surface area contributed by atoms with Gasteiger partial charge in [-0.25, -0.2) is 9.59 Å². The fourth-order valence-electron chi connectivity index (χ4n) is 4.82. The lowest BCUT2D eigenvalue weighted by Crippen LogP contribution is -2.37. The lowest BCUT2D eigenvalue weighted by atomic mass is 9.92. The first kappa shape index (κ1) is 33.6. The Kier molecular flexibility index (Phi) is 10.1. The number of phenolic OH excluding ortho intramolecular Hbond substituents is 8. The summed E-state index contributed by atoms with van der Waals surface area (Å²) >= 11 is 0. The molecular formula is C34H31NO12. The second kappa shape index (κ2) is 14.2. The molecule has 0 aromatic heterocycles. The number of aliphatic carboxylic acids is 1. The van der Waals surface area contributed by atoms with Crippen LogP contribution in [0.3, 0.4) is 0 Å². The first-order valence-corrected chi connectivity index (χ1v) is 13.9. The van der Waals surface area contributed by atoms with Crippen LogP contribution in [0.25, 0.3) is 29.4 Å². The Morgan fingerprint density at radius 3 is 1.85 bits per heavy atom. The summed E-state index contributed by atoms with van der Waals surface area (Å²) < 4.78 is 5.24. The van der Waals surface area contributed by atoms with Crippen molar-refractivity contribution in [2.45, 2.75) is 12.0 Å². The highest BCUT2D eigenvalue weighted by Crippen LogP contribution is 2.39. The molecule has 2 unspecified atom stereocenters. The molecule has 4 aromatic carbocycles. The monoisotopic (exact) mass is 645 g/mol. The summed E-state index contributed by atoms with van der Waals surface area (Å²) in [5.74, 6) is -7.86. The van der Waals surface area contributed by atoms with Gasteiger partial charge in [0.15, 0.2) is 40.2 Å². The van der Waals surface area contributed by atoms with Gasteiger partial charge in [0.2, 0.25) is 6.10 Å². The van der Waals surface area contributed by atoms with E-state index < -0.39 is 64.2 Å². The molecule has 0 bridgehead atoms. The Bertz CT molecular complexity index is 1860. The molecule has 0 saturated carbocycles. The van der Waals surface area contributed by atoms with Gasteiger partial charge in [0.25, 0.3) is 0 Å². The van der Waals surface area contributed by atoms with Gasteiger partial charge < -0.3 is 56.0 Å². The van der Waals surface area contributed by atoms with Crippen LogP contribution in [0.4, 0.5) is 0 Å². The first-order chi connectivity index (χ1) is 22.3. The molecule has 13 nitrogen and oxygen atoms in total. The van der Waals surface area contributed by atoms with E-state index in [1.807, 2.05) is 0 Å². The molecule has 0 saturated heterocycles. The third-order valence-corrected chi connectivity index (χ3v) is 7.12. The smallest absolute Gasteiger partial charge is 0.345 e. The van der Waals surface area contributed by atoms with E-state index in [1.54, 1.807) is 12.1 Å². The van der Waals surface area contributed by atoms with E-state index in [0.29, 0.717) is 16.7 Å². The Labute approximate surface area is 267 Å². The van der Waals surface area contributed by atoms with Crippen LogP contribution >= 0.6 is 0 Å². The van der Waals surface area contributed by atoms with Gasteiger partial charge in [-0.2, -0.15) is 0 Å². The average Bonchev–Trinajstić information content (AvgIpc) is 3.02. The number of phenols is 8. The van der Waals surface area contributed by atoms with Gasteiger partial charge in [-0.1, -0.05) is 24.3 Å². The maximum absolute atomic E-state index is 12.9. The number of carbonyl (C=O) groups is 2. The number of aromatic hydroxyl groups is 8. The van der Waals surface area contributed by atoms with Crippen LogP contribution in [-0.2, 0) is 14.3 Å². The van der Waals surface area contributed by atoms with Crippen LogP contribution in [-0.4, -0.2) is 77.6 Å². The number of hydrogen-bond donors (Lipinski definition) is 10. The number of ether oxygens (including phenoxy) is 1. The average molecular weight is 646 g/mol. The van der Waals surface area contributed by atoms with Gasteiger partial charge in [-0.15, -0.1) is 0 Å². The normalized spacial score (nSPS) is 12.7. The van der Waals surface area contributed by atoms with Gasteiger partial charge in [0.05, 0.1) is 0 Å². The first-order valence-electron chi connectivity index (χ1n) is 13.9. The quantitative estimate of drug-likeness (QED) is 0.0477. The lowest BCUT2D eigenvalue weighted by Gasteiger charge is -2.24. The molecule has 0 aliphatic rings. The van der Waals surface area contributed by atoms with E-state index in [0.717, 1.165) is 24.3 Å². The standard InChI is InChI=1S/C34H31NO12/c1-35-16-24(21-13-29(41)32(44)30(42)14-21)33(34(45)46)47-31(43)8-7-18-11-26(38)25(37)10-17(18)5-6-20-12-27(39)28(40)15-23(20)19-3-2-4-22(36)9-19/h2-15,24,33,35-42,44H,16H2,1H3,(H,45,46). The SMILES string of the molecule is CNCC(c1cc(O)c(O)c(O)c1)C(OC(=O)C=Cc1cc(O)c(O)cc1C=Cc1cc(O)c(O)cc1-c1cccc(O)c1)C(=O)O. The van der Waals surface area contributed by atoms with Crippen LogP contribution in [0.1, 0.15) is 28.2 Å². The van der Waals surface area contributed by atoms with Crippen LogP contribution in [0.5, 0.6) is 46.0 Å². The number of carbonyl (C=O) groups excluding carboxylic acids is 1. The third-order valence-electron chi connectivity index (χ3n) is 7.12. The van der Waals surface area contributed by atoms with E-state index in [4.69, 9.17) is 4.74 Å². The molecule has 0 amide bonds.